The Morgan fingerprint density at radius 2 is 2.25 bits per heavy atom. The highest BCUT2D eigenvalue weighted by Gasteiger charge is 2.20. The van der Waals surface area contributed by atoms with Gasteiger partial charge in [0.25, 0.3) is 0 Å². The molecule has 1 saturated heterocycles. The number of likely N-dealkylation sites (tertiary alicyclic amines) is 1. The second-order valence-electron chi connectivity index (χ2n) is 4.61. The zero-order valence-electron chi connectivity index (χ0n) is 9.90. The summed E-state index contributed by atoms with van der Waals surface area (Å²) in [6.07, 6.45) is 2.33. The molecule has 0 aromatic heterocycles. The normalized spacial score (nSPS) is 23.8. The van der Waals surface area contributed by atoms with Gasteiger partial charge < -0.3 is 10.4 Å². The third-order valence-electron chi connectivity index (χ3n) is 2.86. The molecule has 1 aliphatic heterocycles. The maximum absolute atomic E-state index is 11.5. The van der Waals surface area contributed by atoms with Crippen molar-refractivity contribution in [3.63, 3.8) is 0 Å². The first-order valence-electron chi connectivity index (χ1n) is 5.73. The third-order valence-corrected chi connectivity index (χ3v) is 2.86. The van der Waals surface area contributed by atoms with Crippen LogP contribution in [0.5, 0.6) is 0 Å². The van der Waals surface area contributed by atoms with Crippen molar-refractivity contribution < 1.29 is 14.7 Å². The monoisotopic (exact) mass is 228 g/mol. The average molecular weight is 228 g/mol. The van der Waals surface area contributed by atoms with E-state index >= 15 is 0 Å². The SMILES string of the molecule is CC1CCCN(CC(=O)NC(C)C(=O)O)C1. The van der Waals surface area contributed by atoms with Gasteiger partial charge in [-0.3, -0.25) is 14.5 Å². The van der Waals surface area contributed by atoms with E-state index in [1.54, 1.807) is 0 Å². The van der Waals surface area contributed by atoms with Crippen LogP contribution < -0.4 is 5.32 Å². The lowest BCUT2D eigenvalue weighted by Crippen LogP contribution is -2.46. The molecular weight excluding hydrogens is 208 g/mol. The summed E-state index contributed by atoms with van der Waals surface area (Å²) in [5.41, 5.74) is 0. The van der Waals surface area contributed by atoms with Gasteiger partial charge in [0.2, 0.25) is 5.91 Å². The minimum absolute atomic E-state index is 0.205. The molecule has 92 valence electrons. The summed E-state index contributed by atoms with van der Waals surface area (Å²) >= 11 is 0. The lowest BCUT2D eigenvalue weighted by molar-refractivity contribution is -0.141. The fourth-order valence-electron chi connectivity index (χ4n) is 1.98. The zero-order chi connectivity index (χ0) is 12.1. The molecule has 1 heterocycles. The number of amides is 1. The second-order valence-corrected chi connectivity index (χ2v) is 4.61. The summed E-state index contributed by atoms with van der Waals surface area (Å²) in [6, 6.07) is -0.810. The van der Waals surface area contributed by atoms with Crippen molar-refractivity contribution in [2.45, 2.75) is 32.7 Å². The molecule has 16 heavy (non-hydrogen) atoms. The summed E-state index contributed by atoms with van der Waals surface area (Å²) in [5.74, 6) is -0.581. The first-order valence-corrected chi connectivity index (χ1v) is 5.73. The molecule has 0 saturated carbocycles. The van der Waals surface area contributed by atoms with Gasteiger partial charge in [0.1, 0.15) is 6.04 Å². The summed E-state index contributed by atoms with van der Waals surface area (Å²) in [4.78, 5) is 24.1. The van der Waals surface area contributed by atoms with E-state index < -0.39 is 12.0 Å². The number of carbonyl (C=O) groups excluding carboxylic acids is 1. The summed E-state index contributed by atoms with van der Waals surface area (Å²) < 4.78 is 0. The van der Waals surface area contributed by atoms with E-state index in [4.69, 9.17) is 5.11 Å². The lowest BCUT2D eigenvalue weighted by Gasteiger charge is -2.30. The van der Waals surface area contributed by atoms with Gasteiger partial charge in [-0.1, -0.05) is 6.92 Å². The van der Waals surface area contributed by atoms with E-state index in [0.29, 0.717) is 12.5 Å². The van der Waals surface area contributed by atoms with Crippen molar-refractivity contribution in [1.82, 2.24) is 10.2 Å². The van der Waals surface area contributed by atoms with E-state index in [1.165, 1.54) is 13.3 Å². The highest BCUT2D eigenvalue weighted by Crippen LogP contribution is 2.14. The molecule has 2 atom stereocenters. The first kappa shape index (κ1) is 13.0. The van der Waals surface area contributed by atoms with Crippen LogP contribution in [0.15, 0.2) is 0 Å². The Hall–Kier alpha value is -1.10. The number of nitrogens with one attached hydrogen (secondary N) is 1. The fourth-order valence-corrected chi connectivity index (χ4v) is 1.98. The number of aliphatic carboxylic acids is 1. The average Bonchev–Trinajstić information content (AvgIpc) is 2.16. The smallest absolute Gasteiger partial charge is 0.325 e. The molecule has 1 aliphatic rings. The van der Waals surface area contributed by atoms with E-state index in [9.17, 15) is 9.59 Å². The molecule has 5 heteroatoms. The van der Waals surface area contributed by atoms with Crippen molar-refractivity contribution in [1.29, 1.82) is 0 Å². The molecule has 2 N–H and O–H groups in total. The third kappa shape index (κ3) is 4.18. The van der Waals surface area contributed by atoms with E-state index in [2.05, 4.69) is 17.1 Å². The molecule has 0 radical (unpaired) electrons. The van der Waals surface area contributed by atoms with Crippen molar-refractivity contribution in [2.75, 3.05) is 19.6 Å². The number of piperidine rings is 1. The molecular formula is C11H20N2O3. The van der Waals surface area contributed by atoms with E-state index in [-0.39, 0.29) is 5.91 Å². The summed E-state index contributed by atoms with van der Waals surface area (Å²) in [6.45, 7) is 5.80. The molecule has 0 aromatic carbocycles. The quantitative estimate of drug-likeness (QED) is 0.726. The van der Waals surface area contributed by atoms with E-state index in [1.807, 2.05) is 0 Å². The number of nitrogens with zero attached hydrogens (tertiary/aromatic N) is 1. The molecule has 0 bridgehead atoms. The van der Waals surface area contributed by atoms with Gasteiger partial charge in [-0.2, -0.15) is 0 Å². The molecule has 0 spiro atoms. The predicted octanol–water partition coefficient (Wildman–Crippen LogP) is 0.308. The van der Waals surface area contributed by atoms with Crippen LogP contribution in [-0.2, 0) is 9.59 Å². The Labute approximate surface area is 95.8 Å². The zero-order valence-corrected chi connectivity index (χ0v) is 9.90. The van der Waals surface area contributed by atoms with Crippen molar-refractivity contribution in [2.24, 2.45) is 5.92 Å². The maximum atomic E-state index is 11.5. The first-order chi connectivity index (χ1) is 7.49. The highest BCUT2D eigenvalue weighted by atomic mass is 16.4. The van der Waals surface area contributed by atoms with Gasteiger partial charge >= 0.3 is 5.97 Å². The number of hydrogen-bond acceptors (Lipinski definition) is 3. The number of carboxylic acid groups (broad SMARTS) is 1. The molecule has 1 fully saturated rings. The Balaban J connectivity index is 2.30. The Bertz CT molecular complexity index is 268. The maximum Gasteiger partial charge on any atom is 0.325 e. The van der Waals surface area contributed by atoms with Gasteiger partial charge in [-0.05, 0) is 32.2 Å². The van der Waals surface area contributed by atoms with Gasteiger partial charge in [0.15, 0.2) is 0 Å². The fraction of sp³-hybridized carbons (Fsp3) is 0.818. The minimum Gasteiger partial charge on any atom is -0.480 e. The molecule has 1 amide bonds. The Morgan fingerprint density at radius 1 is 1.56 bits per heavy atom. The lowest BCUT2D eigenvalue weighted by atomic mass is 10.0. The predicted molar refractivity (Wildman–Crippen MR) is 60.1 cm³/mol. The van der Waals surface area contributed by atoms with Crippen molar-refractivity contribution in [3.8, 4) is 0 Å². The summed E-state index contributed by atoms with van der Waals surface area (Å²) in [7, 11) is 0. The number of carboxylic acids is 1. The highest BCUT2D eigenvalue weighted by molar-refractivity contribution is 5.84. The second kappa shape index (κ2) is 5.84. The molecule has 0 aromatic rings. The minimum atomic E-state index is -1.000. The topological polar surface area (TPSA) is 69.6 Å². The number of carbonyl (C=O) groups is 2. The van der Waals surface area contributed by atoms with Crippen LogP contribution in [0.3, 0.4) is 0 Å². The largest absolute Gasteiger partial charge is 0.480 e. The van der Waals surface area contributed by atoms with Gasteiger partial charge in [0, 0.05) is 6.54 Å². The van der Waals surface area contributed by atoms with E-state index in [0.717, 1.165) is 19.5 Å². The molecule has 1 rings (SSSR count). The number of hydrogen-bond donors (Lipinski definition) is 2. The van der Waals surface area contributed by atoms with Crippen LogP contribution in [0.25, 0.3) is 0 Å². The Morgan fingerprint density at radius 3 is 2.81 bits per heavy atom. The van der Waals surface area contributed by atoms with Crippen LogP contribution in [0.2, 0.25) is 0 Å². The van der Waals surface area contributed by atoms with Crippen LogP contribution in [-0.4, -0.2) is 47.6 Å². The Kier molecular flexibility index (Phi) is 4.73. The van der Waals surface area contributed by atoms with Crippen molar-refractivity contribution in [3.05, 3.63) is 0 Å². The molecule has 0 aliphatic carbocycles. The van der Waals surface area contributed by atoms with Gasteiger partial charge in [-0.25, -0.2) is 0 Å². The van der Waals surface area contributed by atoms with Crippen LogP contribution in [0, 0.1) is 5.92 Å². The van der Waals surface area contributed by atoms with Crippen LogP contribution in [0.1, 0.15) is 26.7 Å². The van der Waals surface area contributed by atoms with Gasteiger partial charge in [0.05, 0.1) is 6.54 Å². The van der Waals surface area contributed by atoms with Crippen LogP contribution in [0.4, 0.5) is 0 Å². The van der Waals surface area contributed by atoms with Gasteiger partial charge in [-0.15, -0.1) is 0 Å². The van der Waals surface area contributed by atoms with Crippen LogP contribution >= 0.6 is 0 Å². The van der Waals surface area contributed by atoms with Crippen molar-refractivity contribution >= 4 is 11.9 Å². The molecule has 2 unspecified atom stereocenters. The summed E-state index contributed by atoms with van der Waals surface area (Å²) in [5, 5.41) is 11.1. The molecule has 5 nitrogen and oxygen atoms in total. The standard InChI is InChI=1S/C11H20N2O3/c1-8-4-3-5-13(6-8)7-10(14)12-9(2)11(15)16/h8-9H,3-7H2,1-2H3,(H,12,14)(H,15,16). The number of rotatable bonds is 4.